The first-order valence-corrected chi connectivity index (χ1v) is 4.17. The highest BCUT2D eigenvalue weighted by Crippen LogP contribution is 2.25. The SMILES string of the molecule is NC1(C(=O)O)CCCCC1.O=CO. The van der Waals surface area contributed by atoms with E-state index in [-0.39, 0.29) is 6.47 Å². The van der Waals surface area contributed by atoms with Crippen molar-refractivity contribution in [1.82, 2.24) is 0 Å². The summed E-state index contributed by atoms with van der Waals surface area (Å²) < 4.78 is 0. The summed E-state index contributed by atoms with van der Waals surface area (Å²) in [7, 11) is 0. The van der Waals surface area contributed by atoms with Crippen LogP contribution < -0.4 is 5.73 Å². The number of carboxylic acid groups (broad SMARTS) is 2. The Labute approximate surface area is 76.5 Å². The summed E-state index contributed by atoms with van der Waals surface area (Å²) in [6, 6.07) is 0. The van der Waals surface area contributed by atoms with Crippen molar-refractivity contribution in [3.8, 4) is 0 Å². The first kappa shape index (κ1) is 11.9. The number of rotatable bonds is 1. The van der Waals surface area contributed by atoms with E-state index in [4.69, 9.17) is 20.7 Å². The highest BCUT2D eigenvalue weighted by Gasteiger charge is 2.34. The summed E-state index contributed by atoms with van der Waals surface area (Å²) in [5.74, 6) is -0.841. The van der Waals surface area contributed by atoms with Crippen molar-refractivity contribution < 1.29 is 19.8 Å². The zero-order chi connectivity index (χ0) is 10.3. The molecule has 13 heavy (non-hydrogen) atoms. The van der Waals surface area contributed by atoms with Crippen LogP contribution in [0.5, 0.6) is 0 Å². The largest absolute Gasteiger partial charge is 0.483 e. The molecule has 1 rings (SSSR count). The van der Waals surface area contributed by atoms with Gasteiger partial charge in [0.2, 0.25) is 0 Å². The Balaban J connectivity index is 0.000000424. The normalized spacial score (nSPS) is 19.5. The van der Waals surface area contributed by atoms with Crippen LogP contribution in [-0.4, -0.2) is 28.2 Å². The van der Waals surface area contributed by atoms with Gasteiger partial charge in [0.1, 0.15) is 5.54 Å². The smallest absolute Gasteiger partial charge is 0.323 e. The minimum absolute atomic E-state index is 0.250. The lowest BCUT2D eigenvalue weighted by molar-refractivity contribution is -0.144. The fraction of sp³-hybridized carbons (Fsp3) is 0.750. The predicted octanol–water partition coefficient (Wildman–Crippen LogP) is 0.433. The number of hydrogen-bond acceptors (Lipinski definition) is 3. The maximum atomic E-state index is 10.6. The lowest BCUT2D eigenvalue weighted by atomic mass is 9.83. The number of carbonyl (C=O) groups is 2. The molecule has 0 spiro atoms. The van der Waals surface area contributed by atoms with Crippen LogP contribution in [0.3, 0.4) is 0 Å². The molecule has 5 heteroatoms. The standard InChI is InChI=1S/C7H13NO2.CH2O2/c8-7(6(9)10)4-2-1-3-5-7;2-1-3/h1-5,8H2,(H,9,10);1H,(H,2,3). The van der Waals surface area contributed by atoms with Gasteiger partial charge in [0.25, 0.3) is 6.47 Å². The second-order valence-corrected chi connectivity index (χ2v) is 3.13. The molecule has 4 N–H and O–H groups in total. The third kappa shape index (κ3) is 3.89. The van der Waals surface area contributed by atoms with E-state index in [0.717, 1.165) is 19.3 Å². The van der Waals surface area contributed by atoms with Crippen LogP contribution in [0.15, 0.2) is 0 Å². The summed E-state index contributed by atoms with van der Waals surface area (Å²) in [5, 5.41) is 15.6. The topological polar surface area (TPSA) is 101 Å². The van der Waals surface area contributed by atoms with Crippen molar-refractivity contribution in [1.29, 1.82) is 0 Å². The molecule has 1 aliphatic carbocycles. The Bertz CT molecular complexity index is 175. The van der Waals surface area contributed by atoms with E-state index in [9.17, 15) is 4.79 Å². The van der Waals surface area contributed by atoms with Crippen LogP contribution >= 0.6 is 0 Å². The van der Waals surface area contributed by atoms with Crippen molar-refractivity contribution in [3.05, 3.63) is 0 Å². The average molecular weight is 189 g/mol. The molecule has 0 aromatic carbocycles. The summed E-state index contributed by atoms with van der Waals surface area (Å²) in [4.78, 5) is 18.9. The van der Waals surface area contributed by atoms with E-state index in [1.165, 1.54) is 0 Å². The van der Waals surface area contributed by atoms with Gasteiger partial charge in [-0.3, -0.25) is 9.59 Å². The van der Waals surface area contributed by atoms with Crippen LogP contribution in [0.4, 0.5) is 0 Å². The molecule has 0 heterocycles. The molecule has 0 unspecified atom stereocenters. The molecule has 1 fully saturated rings. The van der Waals surface area contributed by atoms with E-state index in [0.29, 0.717) is 12.8 Å². The highest BCUT2D eigenvalue weighted by atomic mass is 16.4. The molecule has 0 amide bonds. The maximum absolute atomic E-state index is 10.6. The van der Waals surface area contributed by atoms with Gasteiger partial charge in [-0.25, -0.2) is 0 Å². The molecule has 0 atom stereocenters. The van der Waals surface area contributed by atoms with Crippen LogP contribution in [0.1, 0.15) is 32.1 Å². The average Bonchev–Trinajstić information content (AvgIpc) is 2.07. The van der Waals surface area contributed by atoms with Crippen molar-refractivity contribution in [2.75, 3.05) is 0 Å². The second-order valence-electron chi connectivity index (χ2n) is 3.13. The van der Waals surface area contributed by atoms with Crippen molar-refractivity contribution in [2.45, 2.75) is 37.6 Å². The molecule has 76 valence electrons. The van der Waals surface area contributed by atoms with Gasteiger partial charge in [-0.1, -0.05) is 19.3 Å². The van der Waals surface area contributed by atoms with Gasteiger partial charge in [-0.2, -0.15) is 0 Å². The van der Waals surface area contributed by atoms with Crippen LogP contribution in [-0.2, 0) is 9.59 Å². The fourth-order valence-electron chi connectivity index (χ4n) is 1.40. The molecule has 0 saturated heterocycles. The summed E-state index contributed by atoms with van der Waals surface area (Å²) in [5.41, 5.74) is 4.70. The molecule has 0 aromatic rings. The van der Waals surface area contributed by atoms with Crippen molar-refractivity contribution in [2.24, 2.45) is 5.73 Å². The lowest BCUT2D eigenvalue weighted by Crippen LogP contribution is -2.49. The van der Waals surface area contributed by atoms with Crippen molar-refractivity contribution in [3.63, 3.8) is 0 Å². The van der Waals surface area contributed by atoms with Gasteiger partial charge in [-0.05, 0) is 12.8 Å². The van der Waals surface area contributed by atoms with Crippen LogP contribution in [0.25, 0.3) is 0 Å². The maximum Gasteiger partial charge on any atom is 0.323 e. The molecular weight excluding hydrogens is 174 g/mol. The number of carboxylic acids is 1. The molecular formula is C8H15NO4. The zero-order valence-electron chi connectivity index (χ0n) is 7.40. The third-order valence-corrected chi connectivity index (χ3v) is 2.17. The Kier molecular flexibility index (Phi) is 5.06. The van der Waals surface area contributed by atoms with Crippen LogP contribution in [0.2, 0.25) is 0 Å². The number of hydrogen-bond donors (Lipinski definition) is 3. The lowest BCUT2D eigenvalue weighted by Gasteiger charge is -2.28. The molecule has 0 radical (unpaired) electrons. The van der Waals surface area contributed by atoms with Gasteiger partial charge in [0, 0.05) is 0 Å². The van der Waals surface area contributed by atoms with E-state index < -0.39 is 11.5 Å². The Morgan fingerprint density at radius 1 is 1.31 bits per heavy atom. The molecule has 1 aliphatic rings. The monoisotopic (exact) mass is 189 g/mol. The van der Waals surface area contributed by atoms with E-state index >= 15 is 0 Å². The number of nitrogens with two attached hydrogens (primary N) is 1. The second kappa shape index (κ2) is 5.53. The fourth-order valence-corrected chi connectivity index (χ4v) is 1.40. The van der Waals surface area contributed by atoms with Gasteiger partial charge >= 0.3 is 5.97 Å². The highest BCUT2D eigenvalue weighted by molar-refractivity contribution is 5.78. The molecule has 0 aromatic heterocycles. The van der Waals surface area contributed by atoms with Gasteiger partial charge in [-0.15, -0.1) is 0 Å². The summed E-state index contributed by atoms with van der Waals surface area (Å²) >= 11 is 0. The minimum Gasteiger partial charge on any atom is -0.483 e. The Hall–Kier alpha value is -1.10. The number of aliphatic carboxylic acids is 1. The molecule has 0 aliphatic heterocycles. The van der Waals surface area contributed by atoms with E-state index in [1.54, 1.807) is 0 Å². The summed E-state index contributed by atoms with van der Waals surface area (Å²) in [6.07, 6.45) is 4.34. The van der Waals surface area contributed by atoms with Crippen molar-refractivity contribution >= 4 is 12.4 Å². The quantitative estimate of drug-likeness (QED) is 0.519. The molecule has 5 nitrogen and oxygen atoms in total. The Morgan fingerprint density at radius 3 is 1.92 bits per heavy atom. The van der Waals surface area contributed by atoms with Crippen LogP contribution in [0, 0.1) is 0 Å². The first-order valence-electron chi connectivity index (χ1n) is 4.17. The van der Waals surface area contributed by atoms with Gasteiger partial charge < -0.3 is 15.9 Å². The summed E-state index contributed by atoms with van der Waals surface area (Å²) in [6.45, 7) is -0.250. The van der Waals surface area contributed by atoms with Gasteiger partial charge in [0.15, 0.2) is 0 Å². The predicted molar refractivity (Wildman–Crippen MR) is 46.3 cm³/mol. The van der Waals surface area contributed by atoms with E-state index in [2.05, 4.69) is 0 Å². The third-order valence-electron chi connectivity index (χ3n) is 2.17. The Morgan fingerprint density at radius 2 is 1.69 bits per heavy atom. The van der Waals surface area contributed by atoms with Gasteiger partial charge in [0.05, 0.1) is 0 Å². The van der Waals surface area contributed by atoms with E-state index in [1.807, 2.05) is 0 Å². The molecule has 1 saturated carbocycles. The first-order chi connectivity index (χ1) is 6.06. The molecule has 0 bridgehead atoms. The minimum atomic E-state index is -0.905. The zero-order valence-corrected chi connectivity index (χ0v) is 7.40.